The number of pyridine rings is 1. The molecule has 1 aromatic rings. The van der Waals surface area contributed by atoms with E-state index in [1.165, 1.54) is 0 Å². The Morgan fingerprint density at radius 2 is 2.23 bits per heavy atom. The maximum Gasteiger partial charge on any atom is 0.216 e. The number of rotatable bonds is 3. The molecule has 0 aromatic carbocycles. The standard InChI is InChI=1S/C10H16N2O/c1-7(2)6-13-10-8(3)4-9(11)5-12-10/h4-5,7H,6,11H2,1-3H3. The van der Waals surface area contributed by atoms with Crippen LogP contribution < -0.4 is 10.5 Å². The number of ether oxygens (including phenoxy) is 1. The van der Waals surface area contributed by atoms with Crippen molar-refractivity contribution in [3.8, 4) is 5.88 Å². The molecule has 1 heterocycles. The van der Waals surface area contributed by atoms with Crippen molar-refractivity contribution in [3.05, 3.63) is 17.8 Å². The van der Waals surface area contributed by atoms with Gasteiger partial charge in [-0.15, -0.1) is 0 Å². The van der Waals surface area contributed by atoms with Crippen molar-refractivity contribution in [1.82, 2.24) is 4.98 Å². The van der Waals surface area contributed by atoms with Crippen molar-refractivity contribution >= 4 is 5.69 Å². The van der Waals surface area contributed by atoms with E-state index in [2.05, 4.69) is 18.8 Å². The normalized spacial score (nSPS) is 10.5. The summed E-state index contributed by atoms with van der Waals surface area (Å²) in [5.74, 6) is 1.20. The Bertz CT molecular complexity index is 284. The molecule has 1 rings (SSSR count). The first kappa shape index (κ1) is 9.84. The third kappa shape index (κ3) is 2.93. The highest BCUT2D eigenvalue weighted by molar-refractivity contribution is 5.41. The summed E-state index contributed by atoms with van der Waals surface area (Å²) in [5, 5.41) is 0. The Morgan fingerprint density at radius 1 is 1.54 bits per heavy atom. The van der Waals surface area contributed by atoms with Gasteiger partial charge in [-0.1, -0.05) is 13.8 Å². The van der Waals surface area contributed by atoms with Gasteiger partial charge in [0.1, 0.15) is 0 Å². The van der Waals surface area contributed by atoms with E-state index in [1.807, 2.05) is 13.0 Å². The van der Waals surface area contributed by atoms with Crippen LogP contribution in [0.3, 0.4) is 0 Å². The number of aryl methyl sites for hydroxylation is 1. The number of nitrogens with two attached hydrogens (primary N) is 1. The van der Waals surface area contributed by atoms with Gasteiger partial charge in [0.05, 0.1) is 18.5 Å². The summed E-state index contributed by atoms with van der Waals surface area (Å²) in [5.41, 5.74) is 7.23. The van der Waals surface area contributed by atoms with Crippen molar-refractivity contribution < 1.29 is 4.74 Å². The summed E-state index contributed by atoms with van der Waals surface area (Å²) >= 11 is 0. The predicted octanol–water partition coefficient (Wildman–Crippen LogP) is 2.01. The molecule has 1 aromatic heterocycles. The Hall–Kier alpha value is -1.25. The van der Waals surface area contributed by atoms with E-state index in [0.29, 0.717) is 24.1 Å². The molecule has 0 aliphatic heterocycles. The van der Waals surface area contributed by atoms with Crippen LogP contribution in [0.25, 0.3) is 0 Å². The molecular formula is C10H16N2O. The van der Waals surface area contributed by atoms with Gasteiger partial charge in [-0.25, -0.2) is 4.98 Å². The lowest BCUT2D eigenvalue weighted by molar-refractivity contribution is 0.259. The topological polar surface area (TPSA) is 48.1 Å². The zero-order chi connectivity index (χ0) is 9.84. The molecule has 0 aliphatic carbocycles. The Kier molecular flexibility index (Phi) is 3.12. The lowest BCUT2D eigenvalue weighted by Crippen LogP contribution is -2.06. The van der Waals surface area contributed by atoms with E-state index in [0.717, 1.165) is 5.56 Å². The minimum atomic E-state index is 0.513. The van der Waals surface area contributed by atoms with Gasteiger partial charge in [0, 0.05) is 5.56 Å². The van der Waals surface area contributed by atoms with Crippen LogP contribution in [0.5, 0.6) is 5.88 Å². The van der Waals surface area contributed by atoms with Crippen LogP contribution in [-0.2, 0) is 0 Å². The van der Waals surface area contributed by atoms with E-state index in [-0.39, 0.29) is 0 Å². The first-order chi connectivity index (χ1) is 6.09. The Labute approximate surface area is 78.9 Å². The smallest absolute Gasteiger partial charge is 0.216 e. The molecule has 2 N–H and O–H groups in total. The second-order valence-electron chi connectivity index (χ2n) is 3.60. The molecule has 0 saturated heterocycles. The van der Waals surface area contributed by atoms with Gasteiger partial charge in [-0.2, -0.15) is 0 Å². The number of anilines is 1. The lowest BCUT2D eigenvalue weighted by atomic mass is 10.2. The minimum Gasteiger partial charge on any atom is -0.477 e. The van der Waals surface area contributed by atoms with Crippen molar-refractivity contribution in [2.24, 2.45) is 5.92 Å². The van der Waals surface area contributed by atoms with Gasteiger partial charge in [-0.05, 0) is 18.9 Å². The molecule has 0 radical (unpaired) electrons. The van der Waals surface area contributed by atoms with Crippen molar-refractivity contribution in [2.75, 3.05) is 12.3 Å². The SMILES string of the molecule is Cc1cc(N)cnc1OCC(C)C. The fourth-order valence-corrected chi connectivity index (χ4v) is 0.981. The van der Waals surface area contributed by atoms with Crippen LogP contribution in [0.4, 0.5) is 5.69 Å². The molecule has 0 atom stereocenters. The summed E-state index contributed by atoms with van der Waals surface area (Å²) in [6, 6.07) is 1.86. The quantitative estimate of drug-likeness (QED) is 0.774. The molecule has 0 unspecified atom stereocenters. The summed E-state index contributed by atoms with van der Waals surface area (Å²) in [6.07, 6.45) is 1.61. The molecular weight excluding hydrogens is 164 g/mol. The third-order valence-corrected chi connectivity index (χ3v) is 1.60. The largest absolute Gasteiger partial charge is 0.477 e. The molecule has 13 heavy (non-hydrogen) atoms. The highest BCUT2D eigenvalue weighted by atomic mass is 16.5. The molecule has 0 aliphatic rings. The van der Waals surface area contributed by atoms with Gasteiger partial charge in [0.15, 0.2) is 0 Å². The van der Waals surface area contributed by atoms with Gasteiger partial charge in [0.25, 0.3) is 0 Å². The van der Waals surface area contributed by atoms with Crippen LogP contribution in [0.2, 0.25) is 0 Å². The fourth-order valence-electron chi connectivity index (χ4n) is 0.981. The highest BCUT2D eigenvalue weighted by Gasteiger charge is 2.02. The van der Waals surface area contributed by atoms with Crippen LogP contribution >= 0.6 is 0 Å². The molecule has 72 valence electrons. The van der Waals surface area contributed by atoms with Crippen LogP contribution in [0.15, 0.2) is 12.3 Å². The zero-order valence-corrected chi connectivity index (χ0v) is 8.37. The average Bonchev–Trinajstić information content (AvgIpc) is 2.02. The molecule has 0 spiro atoms. The van der Waals surface area contributed by atoms with Gasteiger partial charge < -0.3 is 10.5 Å². The maximum absolute atomic E-state index is 5.57. The molecule has 0 saturated carbocycles. The van der Waals surface area contributed by atoms with Crippen molar-refractivity contribution in [2.45, 2.75) is 20.8 Å². The Balaban J connectivity index is 2.67. The maximum atomic E-state index is 5.57. The Morgan fingerprint density at radius 3 is 2.77 bits per heavy atom. The van der Waals surface area contributed by atoms with E-state index >= 15 is 0 Å². The predicted molar refractivity (Wildman–Crippen MR) is 53.7 cm³/mol. The molecule has 0 bridgehead atoms. The third-order valence-electron chi connectivity index (χ3n) is 1.60. The van der Waals surface area contributed by atoms with E-state index < -0.39 is 0 Å². The lowest BCUT2D eigenvalue weighted by Gasteiger charge is -2.09. The number of nitrogen functional groups attached to an aromatic ring is 1. The van der Waals surface area contributed by atoms with Gasteiger partial charge in [0.2, 0.25) is 5.88 Å². The summed E-state index contributed by atoms with van der Waals surface area (Å²) in [6.45, 7) is 6.84. The van der Waals surface area contributed by atoms with Crippen LogP contribution in [0, 0.1) is 12.8 Å². The van der Waals surface area contributed by atoms with Crippen LogP contribution in [0.1, 0.15) is 19.4 Å². The second-order valence-corrected chi connectivity index (χ2v) is 3.60. The van der Waals surface area contributed by atoms with Crippen molar-refractivity contribution in [3.63, 3.8) is 0 Å². The fraction of sp³-hybridized carbons (Fsp3) is 0.500. The molecule has 0 fully saturated rings. The summed E-state index contributed by atoms with van der Waals surface area (Å²) < 4.78 is 5.49. The number of hydrogen-bond donors (Lipinski definition) is 1. The first-order valence-corrected chi connectivity index (χ1v) is 4.44. The molecule has 3 heteroatoms. The second kappa shape index (κ2) is 4.12. The monoisotopic (exact) mass is 180 g/mol. The molecule has 3 nitrogen and oxygen atoms in total. The van der Waals surface area contributed by atoms with Gasteiger partial charge in [-0.3, -0.25) is 0 Å². The summed E-state index contributed by atoms with van der Waals surface area (Å²) in [7, 11) is 0. The molecule has 0 amide bonds. The van der Waals surface area contributed by atoms with Gasteiger partial charge >= 0.3 is 0 Å². The average molecular weight is 180 g/mol. The van der Waals surface area contributed by atoms with E-state index in [4.69, 9.17) is 10.5 Å². The van der Waals surface area contributed by atoms with Crippen molar-refractivity contribution in [1.29, 1.82) is 0 Å². The first-order valence-electron chi connectivity index (χ1n) is 4.44. The highest BCUT2D eigenvalue weighted by Crippen LogP contribution is 2.16. The number of aromatic nitrogens is 1. The van der Waals surface area contributed by atoms with Crippen LogP contribution in [-0.4, -0.2) is 11.6 Å². The zero-order valence-electron chi connectivity index (χ0n) is 8.37. The summed E-state index contributed by atoms with van der Waals surface area (Å²) in [4.78, 5) is 4.10. The minimum absolute atomic E-state index is 0.513. The number of nitrogens with zero attached hydrogens (tertiary/aromatic N) is 1. The van der Waals surface area contributed by atoms with E-state index in [1.54, 1.807) is 6.20 Å². The van der Waals surface area contributed by atoms with E-state index in [9.17, 15) is 0 Å². The number of hydrogen-bond acceptors (Lipinski definition) is 3.